The van der Waals surface area contributed by atoms with Crippen molar-refractivity contribution in [2.45, 2.75) is 39.1 Å². The number of nitrogens with one attached hydrogen (secondary N) is 1. The molecule has 1 aliphatic heterocycles. The molecule has 1 fully saturated rings. The van der Waals surface area contributed by atoms with Gasteiger partial charge in [-0.05, 0) is 53.9 Å². The van der Waals surface area contributed by atoms with Gasteiger partial charge in [0.25, 0.3) is 5.79 Å². The Bertz CT molecular complexity index is 1470. The van der Waals surface area contributed by atoms with Gasteiger partial charge in [0, 0.05) is 36.9 Å². The number of fused-ring (bicyclic) bond motifs is 1. The van der Waals surface area contributed by atoms with E-state index in [0.29, 0.717) is 29.2 Å². The Morgan fingerprint density at radius 3 is 2.45 bits per heavy atom. The van der Waals surface area contributed by atoms with Crippen molar-refractivity contribution in [2.75, 3.05) is 6.61 Å². The standard InChI is InChI=1S/C30H28FNO6/c1-4-35-25-15-19(12-13-24(25)36-17-18-8-7-9-20(31)14-18)26(22-16-32-23-11-6-5-10-21(22)23)27-28(33)37-30(2,3)38-29(27)34/h5-16,26-27,32H,4,17H2,1-3H3/t26-/m0/s1. The summed E-state index contributed by atoms with van der Waals surface area (Å²) in [5.41, 5.74) is 2.93. The first-order chi connectivity index (χ1) is 18.3. The van der Waals surface area contributed by atoms with Gasteiger partial charge >= 0.3 is 11.9 Å². The molecule has 0 amide bonds. The average molecular weight is 518 g/mol. The molecule has 1 atom stereocenters. The van der Waals surface area contributed by atoms with Gasteiger partial charge in [-0.15, -0.1) is 0 Å². The average Bonchev–Trinajstić information content (AvgIpc) is 3.29. The quantitative estimate of drug-likeness (QED) is 0.232. The third-order valence-electron chi connectivity index (χ3n) is 6.40. The number of cyclic esters (lactones) is 2. The fraction of sp³-hybridized carbons (Fsp3) is 0.267. The number of para-hydroxylation sites is 1. The third-order valence-corrected chi connectivity index (χ3v) is 6.40. The monoisotopic (exact) mass is 517 g/mol. The maximum Gasteiger partial charge on any atom is 0.324 e. The van der Waals surface area contributed by atoms with Crippen LogP contribution in [0, 0.1) is 11.7 Å². The van der Waals surface area contributed by atoms with Gasteiger partial charge in [-0.1, -0.05) is 36.4 Å². The summed E-state index contributed by atoms with van der Waals surface area (Å²) in [6.07, 6.45) is 1.80. The van der Waals surface area contributed by atoms with Crippen LogP contribution in [0.15, 0.2) is 72.9 Å². The predicted octanol–water partition coefficient (Wildman–Crippen LogP) is 5.87. The number of ether oxygens (including phenoxy) is 4. The Balaban J connectivity index is 1.56. The van der Waals surface area contributed by atoms with Crippen molar-refractivity contribution in [2.24, 2.45) is 5.92 Å². The Labute approximate surface area is 219 Å². The first-order valence-corrected chi connectivity index (χ1v) is 12.4. The molecule has 1 N–H and O–H groups in total. The number of rotatable bonds is 8. The normalized spacial score (nSPS) is 16.1. The summed E-state index contributed by atoms with van der Waals surface area (Å²) >= 11 is 0. The highest BCUT2D eigenvalue weighted by atomic mass is 19.1. The second-order valence-electron chi connectivity index (χ2n) is 9.54. The molecule has 8 heteroatoms. The van der Waals surface area contributed by atoms with E-state index in [0.717, 1.165) is 16.5 Å². The maximum atomic E-state index is 13.6. The van der Waals surface area contributed by atoms with Gasteiger partial charge in [-0.25, -0.2) is 4.39 Å². The Morgan fingerprint density at radius 2 is 1.71 bits per heavy atom. The van der Waals surface area contributed by atoms with E-state index in [9.17, 15) is 14.0 Å². The number of halogens is 1. The molecule has 196 valence electrons. The number of carbonyl (C=O) groups excluding carboxylic acids is 2. The Hall–Kier alpha value is -4.33. The van der Waals surface area contributed by atoms with E-state index >= 15 is 0 Å². The van der Waals surface area contributed by atoms with Crippen LogP contribution < -0.4 is 9.47 Å². The minimum Gasteiger partial charge on any atom is -0.490 e. The van der Waals surface area contributed by atoms with Crippen molar-refractivity contribution in [1.82, 2.24) is 4.98 Å². The van der Waals surface area contributed by atoms with Crippen LogP contribution in [-0.2, 0) is 25.7 Å². The van der Waals surface area contributed by atoms with E-state index in [2.05, 4.69) is 4.98 Å². The zero-order valence-corrected chi connectivity index (χ0v) is 21.3. The Kier molecular flexibility index (Phi) is 6.80. The number of H-pyrrole nitrogens is 1. The molecule has 2 heterocycles. The summed E-state index contributed by atoms with van der Waals surface area (Å²) in [4.78, 5) is 29.6. The largest absolute Gasteiger partial charge is 0.490 e. The van der Waals surface area contributed by atoms with Crippen LogP contribution in [0.4, 0.5) is 4.39 Å². The zero-order valence-electron chi connectivity index (χ0n) is 21.3. The third kappa shape index (κ3) is 5.07. The lowest BCUT2D eigenvalue weighted by molar-refractivity contribution is -0.240. The zero-order chi connectivity index (χ0) is 26.9. The molecule has 38 heavy (non-hydrogen) atoms. The van der Waals surface area contributed by atoms with Crippen molar-refractivity contribution in [3.8, 4) is 11.5 Å². The lowest BCUT2D eigenvalue weighted by Crippen LogP contribution is -2.48. The molecule has 1 aromatic heterocycles. The van der Waals surface area contributed by atoms with Crippen LogP contribution in [0.25, 0.3) is 10.9 Å². The second kappa shape index (κ2) is 10.2. The summed E-state index contributed by atoms with van der Waals surface area (Å²) in [5.74, 6) is -4.08. The minimum absolute atomic E-state index is 0.138. The summed E-state index contributed by atoms with van der Waals surface area (Å²) in [6, 6.07) is 19.1. The SMILES string of the molecule is CCOc1cc([C@@H](c2c[nH]c3ccccc23)C2C(=O)OC(C)(C)OC2=O)ccc1OCc1cccc(F)c1. The van der Waals surface area contributed by atoms with Crippen molar-refractivity contribution < 1.29 is 32.9 Å². The molecule has 7 nitrogen and oxygen atoms in total. The molecule has 0 radical (unpaired) electrons. The van der Waals surface area contributed by atoms with Crippen molar-refractivity contribution in [3.05, 3.63) is 95.4 Å². The maximum absolute atomic E-state index is 13.6. The Morgan fingerprint density at radius 1 is 0.947 bits per heavy atom. The first-order valence-electron chi connectivity index (χ1n) is 12.4. The molecule has 0 unspecified atom stereocenters. The van der Waals surface area contributed by atoms with Crippen LogP contribution in [0.3, 0.4) is 0 Å². The molecule has 3 aromatic carbocycles. The van der Waals surface area contributed by atoms with E-state index < -0.39 is 29.6 Å². The number of hydrogen-bond donors (Lipinski definition) is 1. The number of carbonyl (C=O) groups is 2. The molecule has 0 aliphatic carbocycles. The summed E-state index contributed by atoms with van der Waals surface area (Å²) in [7, 11) is 0. The molecule has 5 rings (SSSR count). The summed E-state index contributed by atoms with van der Waals surface area (Å²) in [6.45, 7) is 5.39. The van der Waals surface area contributed by atoms with E-state index in [4.69, 9.17) is 18.9 Å². The van der Waals surface area contributed by atoms with Gasteiger partial charge in [-0.3, -0.25) is 9.59 Å². The molecule has 0 spiro atoms. The smallest absolute Gasteiger partial charge is 0.324 e. The van der Waals surface area contributed by atoms with Crippen molar-refractivity contribution in [3.63, 3.8) is 0 Å². The highest BCUT2D eigenvalue weighted by molar-refractivity contribution is 5.99. The molecule has 1 saturated heterocycles. The van der Waals surface area contributed by atoms with Gasteiger partial charge in [-0.2, -0.15) is 0 Å². The molecule has 0 bridgehead atoms. The van der Waals surface area contributed by atoms with Crippen molar-refractivity contribution in [1.29, 1.82) is 0 Å². The van der Waals surface area contributed by atoms with Crippen LogP contribution in [0.1, 0.15) is 43.4 Å². The minimum atomic E-state index is -1.35. The van der Waals surface area contributed by atoms with Crippen LogP contribution >= 0.6 is 0 Å². The van der Waals surface area contributed by atoms with Crippen LogP contribution in [-0.4, -0.2) is 29.3 Å². The molecule has 4 aromatic rings. The molecular formula is C30H28FNO6. The highest BCUT2D eigenvalue weighted by Crippen LogP contribution is 2.43. The topological polar surface area (TPSA) is 86.9 Å². The second-order valence-corrected chi connectivity index (χ2v) is 9.54. The van der Waals surface area contributed by atoms with E-state index in [1.165, 1.54) is 26.0 Å². The predicted molar refractivity (Wildman–Crippen MR) is 138 cm³/mol. The van der Waals surface area contributed by atoms with Gasteiger partial charge in [0.2, 0.25) is 0 Å². The van der Waals surface area contributed by atoms with Crippen molar-refractivity contribution >= 4 is 22.8 Å². The molecular weight excluding hydrogens is 489 g/mol. The molecule has 1 aliphatic rings. The van der Waals surface area contributed by atoms with Gasteiger partial charge < -0.3 is 23.9 Å². The lowest BCUT2D eigenvalue weighted by Gasteiger charge is -2.36. The van der Waals surface area contributed by atoms with Gasteiger partial charge in [0.15, 0.2) is 17.4 Å². The number of aromatic amines is 1. The number of aromatic nitrogens is 1. The fourth-order valence-electron chi connectivity index (χ4n) is 4.80. The van der Waals surface area contributed by atoms with Gasteiger partial charge in [0.05, 0.1) is 6.61 Å². The van der Waals surface area contributed by atoms with Crippen LogP contribution in [0.2, 0.25) is 0 Å². The first kappa shape index (κ1) is 25.3. The lowest BCUT2D eigenvalue weighted by atomic mass is 9.80. The number of hydrogen-bond acceptors (Lipinski definition) is 6. The highest BCUT2D eigenvalue weighted by Gasteiger charge is 2.48. The number of benzene rings is 3. The van der Waals surface area contributed by atoms with E-state index in [1.807, 2.05) is 31.2 Å². The number of esters is 2. The summed E-state index contributed by atoms with van der Waals surface area (Å²) in [5, 5.41) is 0.868. The van der Waals surface area contributed by atoms with Gasteiger partial charge in [0.1, 0.15) is 12.4 Å². The molecule has 0 saturated carbocycles. The fourth-order valence-corrected chi connectivity index (χ4v) is 4.80. The van der Waals surface area contributed by atoms with Crippen LogP contribution in [0.5, 0.6) is 11.5 Å². The van der Waals surface area contributed by atoms with E-state index in [-0.39, 0.29) is 12.4 Å². The summed E-state index contributed by atoms with van der Waals surface area (Å²) < 4.78 is 36.4. The van der Waals surface area contributed by atoms with E-state index in [1.54, 1.807) is 36.5 Å².